The summed E-state index contributed by atoms with van der Waals surface area (Å²) in [5.41, 5.74) is -0.0133. The Labute approximate surface area is 97.4 Å². The predicted octanol–water partition coefficient (Wildman–Crippen LogP) is 2.76. The lowest BCUT2D eigenvalue weighted by molar-refractivity contribution is -0.140. The van der Waals surface area contributed by atoms with Crippen molar-refractivity contribution in [1.29, 1.82) is 0 Å². The van der Waals surface area contributed by atoms with Crippen molar-refractivity contribution in [1.82, 2.24) is 0 Å². The van der Waals surface area contributed by atoms with Crippen LogP contribution in [0.15, 0.2) is 24.3 Å². The second-order valence-corrected chi connectivity index (χ2v) is 3.43. The number of alkyl halides is 2. The Morgan fingerprint density at radius 2 is 2.00 bits per heavy atom. The van der Waals surface area contributed by atoms with Crippen molar-refractivity contribution in [3.8, 4) is 0 Å². The largest absolute Gasteiger partial charge is 0.469 e. The molecule has 1 aromatic rings. The molecule has 17 heavy (non-hydrogen) atoms. The van der Waals surface area contributed by atoms with Crippen molar-refractivity contribution in [3.63, 3.8) is 0 Å². The number of Topliss-reactive ketones (excluding diaryl/α,β-unsaturated/α-hetero) is 1. The first-order valence-corrected chi connectivity index (χ1v) is 5.02. The molecular formula is C12H12F2O3. The standard InChI is InChI=1S/C12H12F2O3/c1-17-11(16)6-5-10(15)8-3-2-4-9(7-8)12(13)14/h2-4,7,12H,5-6H2,1H3. The molecular weight excluding hydrogens is 230 g/mol. The van der Waals surface area contributed by atoms with E-state index in [1.165, 1.54) is 25.3 Å². The number of hydrogen-bond donors (Lipinski definition) is 0. The van der Waals surface area contributed by atoms with Crippen LogP contribution in [0.5, 0.6) is 0 Å². The number of methoxy groups -OCH3 is 1. The van der Waals surface area contributed by atoms with Crippen molar-refractivity contribution in [2.75, 3.05) is 7.11 Å². The van der Waals surface area contributed by atoms with Gasteiger partial charge in [0.05, 0.1) is 13.5 Å². The average Bonchev–Trinajstić information content (AvgIpc) is 2.35. The first-order valence-electron chi connectivity index (χ1n) is 5.02. The molecule has 0 aliphatic carbocycles. The number of ether oxygens (including phenoxy) is 1. The van der Waals surface area contributed by atoms with Crippen LogP contribution in [0.3, 0.4) is 0 Å². The fourth-order valence-electron chi connectivity index (χ4n) is 1.31. The van der Waals surface area contributed by atoms with Gasteiger partial charge in [-0.15, -0.1) is 0 Å². The smallest absolute Gasteiger partial charge is 0.305 e. The molecule has 0 saturated carbocycles. The van der Waals surface area contributed by atoms with Crippen LogP contribution in [-0.4, -0.2) is 18.9 Å². The van der Waals surface area contributed by atoms with Crippen molar-refractivity contribution < 1.29 is 23.1 Å². The van der Waals surface area contributed by atoms with Crippen LogP contribution in [0.4, 0.5) is 8.78 Å². The van der Waals surface area contributed by atoms with Crippen LogP contribution in [-0.2, 0) is 9.53 Å². The van der Waals surface area contributed by atoms with E-state index in [-0.39, 0.29) is 29.8 Å². The van der Waals surface area contributed by atoms with Gasteiger partial charge in [-0.2, -0.15) is 0 Å². The highest BCUT2D eigenvalue weighted by atomic mass is 19.3. The molecule has 0 saturated heterocycles. The van der Waals surface area contributed by atoms with Gasteiger partial charge in [0.2, 0.25) is 0 Å². The number of rotatable bonds is 5. The van der Waals surface area contributed by atoms with Gasteiger partial charge in [-0.1, -0.05) is 18.2 Å². The van der Waals surface area contributed by atoms with Gasteiger partial charge in [0.15, 0.2) is 5.78 Å². The first-order chi connectivity index (χ1) is 8.04. The number of carbonyl (C=O) groups is 2. The number of ketones is 1. The molecule has 0 amide bonds. The molecule has 0 fully saturated rings. The number of halogens is 2. The van der Waals surface area contributed by atoms with Gasteiger partial charge in [-0.25, -0.2) is 8.78 Å². The molecule has 0 radical (unpaired) electrons. The lowest BCUT2D eigenvalue weighted by Crippen LogP contribution is -2.06. The van der Waals surface area contributed by atoms with E-state index in [0.717, 1.165) is 6.07 Å². The van der Waals surface area contributed by atoms with Crippen LogP contribution in [0, 0.1) is 0 Å². The summed E-state index contributed by atoms with van der Waals surface area (Å²) in [5, 5.41) is 0. The fraction of sp³-hybridized carbons (Fsp3) is 0.333. The third-order valence-electron chi connectivity index (χ3n) is 2.24. The third-order valence-corrected chi connectivity index (χ3v) is 2.24. The van der Waals surface area contributed by atoms with Gasteiger partial charge in [-0.3, -0.25) is 9.59 Å². The molecule has 0 spiro atoms. The highest BCUT2D eigenvalue weighted by Gasteiger charge is 2.12. The summed E-state index contributed by atoms with van der Waals surface area (Å²) in [6, 6.07) is 5.24. The number of benzene rings is 1. The minimum atomic E-state index is -2.61. The lowest BCUT2D eigenvalue weighted by atomic mass is 10.0. The molecule has 0 unspecified atom stereocenters. The van der Waals surface area contributed by atoms with E-state index in [1.807, 2.05) is 0 Å². The number of carbonyl (C=O) groups excluding carboxylic acids is 2. The van der Waals surface area contributed by atoms with Crippen LogP contribution in [0.2, 0.25) is 0 Å². The van der Waals surface area contributed by atoms with Gasteiger partial charge >= 0.3 is 5.97 Å². The molecule has 5 heteroatoms. The summed E-state index contributed by atoms with van der Waals surface area (Å²) in [7, 11) is 1.23. The summed E-state index contributed by atoms with van der Waals surface area (Å²) in [5.74, 6) is -0.846. The van der Waals surface area contributed by atoms with Crippen molar-refractivity contribution in [2.24, 2.45) is 0 Å². The lowest BCUT2D eigenvalue weighted by Gasteiger charge is -2.03. The van der Waals surface area contributed by atoms with E-state index in [1.54, 1.807) is 0 Å². The normalized spacial score (nSPS) is 10.4. The fourth-order valence-corrected chi connectivity index (χ4v) is 1.31. The number of esters is 1. The minimum absolute atomic E-state index is 0.0423. The van der Waals surface area contributed by atoms with Gasteiger partial charge in [0.25, 0.3) is 6.43 Å². The quantitative estimate of drug-likeness (QED) is 0.589. The van der Waals surface area contributed by atoms with Gasteiger partial charge in [0, 0.05) is 17.5 Å². The minimum Gasteiger partial charge on any atom is -0.469 e. The molecule has 0 atom stereocenters. The topological polar surface area (TPSA) is 43.4 Å². The van der Waals surface area contributed by atoms with E-state index in [0.29, 0.717) is 0 Å². The number of hydrogen-bond acceptors (Lipinski definition) is 3. The summed E-state index contributed by atoms with van der Waals surface area (Å²) in [4.78, 5) is 22.4. The van der Waals surface area contributed by atoms with E-state index >= 15 is 0 Å². The molecule has 1 aromatic carbocycles. The first kappa shape index (κ1) is 13.3. The highest BCUT2D eigenvalue weighted by Crippen LogP contribution is 2.20. The summed E-state index contributed by atoms with van der Waals surface area (Å²) in [6.45, 7) is 0. The second-order valence-electron chi connectivity index (χ2n) is 3.43. The molecule has 0 heterocycles. The van der Waals surface area contributed by atoms with Crippen molar-refractivity contribution in [3.05, 3.63) is 35.4 Å². The molecule has 3 nitrogen and oxygen atoms in total. The zero-order chi connectivity index (χ0) is 12.8. The van der Waals surface area contributed by atoms with E-state index in [2.05, 4.69) is 4.74 Å². The van der Waals surface area contributed by atoms with E-state index in [4.69, 9.17) is 0 Å². The Morgan fingerprint density at radius 3 is 2.59 bits per heavy atom. The summed E-state index contributed by atoms with van der Waals surface area (Å²) < 4.78 is 29.2. The van der Waals surface area contributed by atoms with Crippen LogP contribution < -0.4 is 0 Å². The maximum Gasteiger partial charge on any atom is 0.305 e. The molecule has 0 aliphatic rings. The maximum absolute atomic E-state index is 12.4. The van der Waals surface area contributed by atoms with E-state index in [9.17, 15) is 18.4 Å². The second kappa shape index (κ2) is 6.08. The van der Waals surface area contributed by atoms with Crippen LogP contribution >= 0.6 is 0 Å². The van der Waals surface area contributed by atoms with Gasteiger partial charge in [-0.05, 0) is 6.07 Å². The molecule has 0 bridgehead atoms. The Bertz CT molecular complexity index is 416. The Kier molecular flexibility index (Phi) is 4.75. The maximum atomic E-state index is 12.4. The third kappa shape index (κ3) is 3.94. The van der Waals surface area contributed by atoms with Crippen LogP contribution in [0.1, 0.15) is 35.2 Å². The molecule has 0 aliphatic heterocycles. The Hall–Kier alpha value is -1.78. The SMILES string of the molecule is COC(=O)CCC(=O)c1cccc(C(F)F)c1. The monoisotopic (exact) mass is 242 g/mol. The predicted molar refractivity (Wildman–Crippen MR) is 57.0 cm³/mol. The Morgan fingerprint density at radius 1 is 1.29 bits per heavy atom. The zero-order valence-electron chi connectivity index (χ0n) is 9.28. The summed E-state index contributed by atoms with van der Waals surface area (Å²) >= 11 is 0. The molecule has 92 valence electrons. The van der Waals surface area contributed by atoms with Gasteiger partial charge in [0.1, 0.15) is 0 Å². The zero-order valence-corrected chi connectivity index (χ0v) is 9.28. The molecule has 0 N–H and O–H groups in total. The Balaban J connectivity index is 2.69. The molecule has 1 rings (SSSR count). The van der Waals surface area contributed by atoms with Crippen molar-refractivity contribution in [2.45, 2.75) is 19.3 Å². The van der Waals surface area contributed by atoms with E-state index < -0.39 is 12.4 Å². The molecule has 0 aromatic heterocycles. The average molecular weight is 242 g/mol. The van der Waals surface area contributed by atoms with Crippen LogP contribution in [0.25, 0.3) is 0 Å². The van der Waals surface area contributed by atoms with Crippen molar-refractivity contribution >= 4 is 11.8 Å². The summed E-state index contributed by atoms with van der Waals surface area (Å²) in [6.07, 6.45) is -2.70. The van der Waals surface area contributed by atoms with Gasteiger partial charge < -0.3 is 4.74 Å². The highest BCUT2D eigenvalue weighted by molar-refractivity contribution is 5.97.